The molecule has 3 unspecified atom stereocenters. The third-order valence-electron chi connectivity index (χ3n) is 3.55. The molecule has 0 radical (unpaired) electrons. The summed E-state index contributed by atoms with van der Waals surface area (Å²) in [6.45, 7) is 3.80. The predicted octanol–water partition coefficient (Wildman–Crippen LogP) is 1.87. The van der Waals surface area contributed by atoms with Crippen molar-refractivity contribution in [2.24, 2.45) is 5.92 Å². The van der Waals surface area contributed by atoms with Crippen molar-refractivity contribution in [2.45, 2.75) is 44.3 Å². The van der Waals surface area contributed by atoms with Gasteiger partial charge in [0.15, 0.2) is 0 Å². The van der Waals surface area contributed by atoms with Crippen LogP contribution in [0.4, 0.5) is 0 Å². The lowest BCUT2D eigenvalue weighted by molar-refractivity contribution is -0.137. The Morgan fingerprint density at radius 3 is 3.07 bits per heavy atom. The van der Waals surface area contributed by atoms with Crippen molar-refractivity contribution >= 4 is 0 Å². The first kappa shape index (κ1) is 9.95. The van der Waals surface area contributed by atoms with E-state index in [0.29, 0.717) is 12.3 Å². The molecule has 78 valence electrons. The van der Waals surface area contributed by atoms with E-state index in [-0.39, 0.29) is 11.7 Å². The maximum absolute atomic E-state index is 8.62. The van der Waals surface area contributed by atoms with Crippen molar-refractivity contribution in [3.8, 4) is 6.07 Å². The Kier molecular flexibility index (Phi) is 2.76. The average Bonchev–Trinajstić information content (AvgIpc) is 2.57. The zero-order valence-electron chi connectivity index (χ0n) is 8.66. The first-order valence-corrected chi connectivity index (χ1v) is 5.39. The molecule has 0 aliphatic carbocycles. The van der Waals surface area contributed by atoms with Gasteiger partial charge in [-0.2, -0.15) is 5.26 Å². The normalized spacial score (nSPS) is 42.6. The van der Waals surface area contributed by atoms with Gasteiger partial charge >= 0.3 is 0 Å². The monoisotopic (exact) mass is 195 g/mol. The van der Waals surface area contributed by atoms with Gasteiger partial charge in [0.05, 0.1) is 30.8 Å². The zero-order chi connectivity index (χ0) is 10.0. The molecule has 2 saturated heterocycles. The summed E-state index contributed by atoms with van der Waals surface area (Å²) < 4.78 is 11.5. The highest BCUT2D eigenvalue weighted by atomic mass is 16.5. The fourth-order valence-corrected chi connectivity index (χ4v) is 2.55. The molecule has 2 rings (SSSR count). The number of hydrogen-bond acceptors (Lipinski definition) is 3. The third kappa shape index (κ3) is 1.65. The van der Waals surface area contributed by atoms with Gasteiger partial charge in [0.2, 0.25) is 0 Å². The lowest BCUT2D eigenvalue weighted by Gasteiger charge is -2.39. The van der Waals surface area contributed by atoms with Crippen LogP contribution in [0.1, 0.15) is 32.6 Å². The number of nitrogens with zero attached hydrogens (tertiary/aromatic N) is 1. The van der Waals surface area contributed by atoms with Crippen LogP contribution < -0.4 is 0 Å². The number of hydrogen-bond donors (Lipinski definition) is 0. The first-order chi connectivity index (χ1) is 6.77. The summed E-state index contributed by atoms with van der Waals surface area (Å²) in [6.07, 6.45) is 3.84. The molecule has 1 spiro atoms. The molecule has 0 saturated carbocycles. The molecule has 2 fully saturated rings. The molecule has 3 nitrogen and oxygen atoms in total. The van der Waals surface area contributed by atoms with E-state index in [0.717, 1.165) is 32.5 Å². The lowest BCUT2D eigenvalue weighted by Crippen LogP contribution is -2.44. The lowest BCUT2D eigenvalue weighted by atomic mass is 9.82. The number of ether oxygens (including phenoxy) is 2. The minimum Gasteiger partial charge on any atom is -0.381 e. The van der Waals surface area contributed by atoms with Crippen molar-refractivity contribution in [3.63, 3.8) is 0 Å². The van der Waals surface area contributed by atoms with Gasteiger partial charge in [-0.25, -0.2) is 0 Å². The number of rotatable bonds is 1. The minimum absolute atomic E-state index is 0.0275. The quantitative estimate of drug-likeness (QED) is 0.641. The highest BCUT2D eigenvalue weighted by Gasteiger charge is 2.45. The van der Waals surface area contributed by atoms with Crippen molar-refractivity contribution < 1.29 is 9.47 Å². The fourth-order valence-electron chi connectivity index (χ4n) is 2.55. The van der Waals surface area contributed by atoms with E-state index in [2.05, 4.69) is 13.0 Å². The van der Waals surface area contributed by atoms with Crippen LogP contribution in [-0.2, 0) is 9.47 Å². The minimum atomic E-state index is 0.0275. The van der Waals surface area contributed by atoms with Crippen LogP contribution >= 0.6 is 0 Å². The standard InChI is InChI=1S/C11H17NO2/c1-9-8-13-7-5-11(9)4-2-10(14-11)3-6-12/h9-10H,2-5,7-8H2,1H3. The molecule has 0 aromatic carbocycles. The molecule has 2 heterocycles. The summed E-state index contributed by atoms with van der Waals surface area (Å²) in [6, 6.07) is 2.19. The smallest absolute Gasteiger partial charge is 0.0757 e. The molecule has 0 amide bonds. The molecule has 0 aromatic rings. The topological polar surface area (TPSA) is 42.2 Å². The van der Waals surface area contributed by atoms with E-state index in [1.165, 1.54) is 0 Å². The molecule has 0 bridgehead atoms. The molecule has 0 aromatic heterocycles. The highest BCUT2D eigenvalue weighted by molar-refractivity contribution is 4.96. The highest BCUT2D eigenvalue weighted by Crippen LogP contribution is 2.42. The summed E-state index contributed by atoms with van der Waals surface area (Å²) >= 11 is 0. The Morgan fingerprint density at radius 1 is 1.50 bits per heavy atom. The Hall–Kier alpha value is -0.590. The van der Waals surface area contributed by atoms with Crippen molar-refractivity contribution in [2.75, 3.05) is 13.2 Å². The molecule has 2 aliphatic heterocycles. The Labute approximate surface area is 85.0 Å². The second kappa shape index (κ2) is 3.88. The van der Waals surface area contributed by atoms with Crippen LogP contribution in [0.2, 0.25) is 0 Å². The average molecular weight is 195 g/mol. The van der Waals surface area contributed by atoms with Gasteiger partial charge in [0.1, 0.15) is 0 Å². The summed E-state index contributed by atoms with van der Waals surface area (Å²) in [5.41, 5.74) is 0.0275. The van der Waals surface area contributed by atoms with Gasteiger partial charge in [0.25, 0.3) is 0 Å². The van der Waals surface area contributed by atoms with E-state index in [1.807, 2.05) is 0 Å². The van der Waals surface area contributed by atoms with Crippen LogP contribution in [-0.4, -0.2) is 24.9 Å². The van der Waals surface area contributed by atoms with Crippen LogP contribution in [0.3, 0.4) is 0 Å². The molecule has 0 N–H and O–H groups in total. The van der Waals surface area contributed by atoms with Gasteiger partial charge in [-0.05, 0) is 12.8 Å². The van der Waals surface area contributed by atoms with Crippen molar-refractivity contribution in [1.29, 1.82) is 5.26 Å². The summed E-state index contributed by atoms with van der Waals surface area (Å²) in [7, 11) is 0. The second-order valence-electron chi connectivity index (χ2n) is 4.43. The number of nitriles is 1. The van der Waals surface area contributed by atoms with Gasteiger partial charge in [-0.1, -0.05) is 6.92 Å². The fraction of sp³-hybridized carbons (Fsp3) is 0.909. The summed E-state index contributed by atoms with van der Waals surface area (Å²) in [4.78, 5) is 0. The van der Waals surface area contributed by atoms with Crippen molar-refractivity contribution in [1.82, 2.24) is 0 Å². The van der Waals surface area contributed by atoms with Crippen LogP contribution in [0.5, 0.6) is 0 Å². The van der Waals surface area contributed by atoms with E-state index in [4.69, 9.17) is 14.7 Å². The van der Waals surface area contributed by atoms with Gasteiger partial charge in [-0.15, -0.1) is 0 Å². The maximum Gasteiger partial charge on any atom is 0.0757 e. The van der Waals surface area contributed by atoms with E-state index in [1.54, 1.807) is 0 Å². The maximum atomic E-state index is 8.62. The zero-order valence-corrected chi connectivity index (χ0v) is 8.66. The second-order valence-corrected chi connectivity index (χ2v) is 4.43. The SMILES string of the molecule is CC1COCCC12CCC(CC#N)O2. The first-order valence-electron chi connectivity index (χ1n) is 5.39. The van der Waals surface area contributed by atoms with E-state index >= 15 is 0 Å². The molecular formula is C11H17NO2. The molecule has 3 heteroatoms. The molecule has 2 aliphatic rings. The predicted molar refractivity (Wildman–Crippen MR) is 51.7 cm³/mol. The third-order valence-corrected chi connectivity index (χ3v) is 3.55. The van der Waals surface area contributed by atoms with Gasteiger partial charge in [0, 0.05) is 18.9 Å². The Morgan fingerprint density at radius 2 is 2.36 bits per heavy atom. The molecular weight excluding hydrogens is 178 g/mol. The van der Waals surface area contributed by atoms with Crippen LogP contribution in [0.15, 0.2) is 0 Å². The Bertz CT molecular complexity index is 248. The van der Waals surface area contributed by atoms with Gasteiger partial charge in [-0.3, -0.25) is 0 Å². The summed E-state index contributed by atoms with van der Waals surface area (Å²) in [5, 5.41) is 8.62. The van der Waals surface area contributed by atoms with E-state index in [9.17, 15) is 0 Å². The van der Waals surface area contributed by atoms with Crippen molar-refractivity contribution in [3.05, 3.63) is 0 Å². The molecule has 14 heavy (non-hydrogen) atoms. The van der Waals surface area contributed by atoms with E-state index < -0.39 is 0 Å². The largest absolute Gasteiger partial charge is 0.381 e. The van der Waals surface area contributed by atoms with Gasteiger partial charge < -0.3 is 9.47 Å². The molecule has 3 atom stereocenters. The Balaban J connectivity index is 2.00. The van der Waals surface area contributed by atoms with Crippen LogP contribution in [0, 0.1) is 17.2 Å². The summed E-state index contributed by atoms with van der Waals surface area (Å²) in [5.74, 6) is 0.472. The van der Waals surface area contributed by atoms with Crippen LogP contribution in [0.25, 0.3) is 0 Å².